The summed E-state index contributed by atoms with van der Waals surface area (Å²) in [5.74, 6) is -0.105. The van der Waals surface area contributed by atoms with Crippen molar-refractivity contribution >= 4 is 19.7 Å². The van der Waals surface area contributed by atoms with Crippen LogP contribution in [0.2, 0.25) is 0 Å². The van der Waals surface area contributed by atoms with E-state index in [9.17, 15) is 16.8 Å². The van der Waals surface area contributed by atoms with Crippen molar-refractivity contribution in [3.63, 3.8) is 0 Å². The van der Waals surface area contributed by atoms with Gasteiger partial charge in [0, 0.05) is 6.54 Å². The molecule has 5 nitrogen and oxygen atoms in total. The lowest BCUT2D eigenvalue weighted by Gasteiger charge is -2.23. The molecule has 0 aliphatic rings. The third kappa shape index (κ3) is 4.72. The molecule has 0 fully saturated rings. The highest BCUT2D eigenvalue weighted by Crippen LogP contribution is 2.30. The largest absolute Gasteiger partial charge is 0.309 e. The van der Waals surface area contributed by atoms with Crippen LogP contribution in [0.4, 0.5) is 0 Å². The van der Waals surface area contributed by atoms with Crippen molar-refractivity contribution in [2.45, 2.75) is 27.7 Å². The van der Waals surface area contributed by atoms with Crippen LogP contribution in [0.5, 0.6) is 0 Å². The van der Waals surface area contributed by atoms with Crippen LogP contribution >= 0.6 is 0 Å². The maximum absolute atomic E-state index is 13.2. The van der Waals surface area contributed by atoms with Gasteiger partial charge in [0.05, 0.1) is 9.79 Å². The number of sulfone groups is 2. The molecule has 0 saturated heterocycles. The number of rotatable bonds is 8. The van der Waals surface area contributed by atoms with Crippen LogP contribution < -0.4 is 0 Å². The van der Waals surface area contributed by atoms with Crippen LogP contribution in [0.25, 0.3) is 0 Å². The third-order valence-corrected chi connectivity index (χ3v) is 9.26. The second-order valence-corrected chi connectivity index (χ2v) is 11.3. The lowest BCUT2D eigenvalue weighted by molar-refractivity contribution is 0.331. The van der Waals surface area contributed by atoms with E-state index in [-0.39, 0.29) is 22.1 Å². The summed E-state index contributed by atoms with van der Waals surface area (Å²) in [6.07, 6.45) is 0.0344. The number of hydrogen-bond donors (Lipinski definition) is 0. The molecule has 0 spiro atoms. The van der Waals surface area contributed by atoms with Crippen LogP contribution in [-0.4, -0.2) is 47.0 Å². The molecule has 0 heterocycles. The molecule has 1 unspecified atom stereocenters. The van der Waals surface area contributed by atoms with Gasteiger partial charge in [-0.1, -0.05) is 43.3 Å². The molecule has 0 amide bonds. The summed E-state index contributed by atoms with van der Waals surface area (Å²) in [6, 6.07) is 15.6. The zero-order chi connectivity index (χ0) is 19.4. The maximum atomic E-state index is 13.2. The van der Waals surface area contributed by atoms with Crippen molar-refractivity contribution in [2.75, 3.05) is 20.6 Å². The fourth-order valence-corrected chi connectivity index (χ4v) is 7.82. The Balaban J connectivity index is 2.53. The number of nitrogens with zero attached hydrogens (tertiary/aromatic N) is 1. The Morgan fingerprint density at radius 1 is 0.769 bits per heavy atom. The molecule has 142 valence electrons. The van der Waals surface area contributed by atoms with Gasteiger partial charge in [-0.25, -0.2) is 16.8 Å². The molecule has 7 heteroatoms. The van der Waals surface area contributed by atoms with Crippen molar-refractivity contribution in [1.82, 2.24) is 4.90 Å². The molecule has 26 heavy (non-hydrogen) atoms. The highest BCUT2D eigenvalue weighted by atomic mass is 32.3. The summed E-state index contributed by atoms with van der Waals surface area (Å²) in [6.45, 7) is 2.47. The molecule has 2 rings (SSSR count). The molecule has 1 atom stereocenters. The fourth-order valence-electron chi connectivity index (χ4n) is 2.97. The van der Waals surface area contributed by atoms with E-state index in [1.165, 1.54) is 24.3 Å². The molecular weight excluding hydrogens is 370 g/mol. The first-order valence-corrected chi connectivity index (χ1v) is 11.5. The van der Waals surface area contributed by atoms with Gasteiger partial charge in [-0.3, -0.25) is 0 Å². The SMILES string of the molecule is CC(CC(S(=O)(=O)c1ccccc1)S(=O)(=O)c1ccccc1)CN(C)C. The van der Waals surface area contributed by atoms with E-state index in [2.05, 4.69) is 0 Å². The van der Waals surface area contributed by atoms with Gasteiger partial charge in [0.25, 0.3) is 0 Å². The van der Waals surface area contributed by atoms with Crippen molar-refractivity contribution in [3.05, 3.63) is 60.7 Å². The van der Waals surface area contributed by atoms with Crippen molar-refractivity contribution in [2.24, 2.45) is 5.92 Å². The van der Waals surface area contributed by atoms with Gasteiger partial charge in [-0.05, 0) is 50.7 Å². The zero-order valence-electron chi connectivity index (χ0n) is 15.2. The molecule has 0 radical (unpaired) electrons. The predicted octanol–water partition coefficient (Wildman–Crippen LogP) is 2.85. The second-order valence-electron chi connectivity index (χ2n) is 6.75. The molecule has 0 saturated carbocycles. The van der Waals surface area contributed by atoms with Crippen LogP contribution in [0.3, 0.4) is 0 Å². The van der Waals surface area contributed by atoms with Crippen LogP contribution in [0.15, 0.2) is 70.5 Å². The van der Waals surface area contributed by atoms with E-state index in [1.807, 2.05) is 25.9 Å². The Morgan fingerprint density at radius 2 is 1.15 bits per heavy atom. The minimum absolute atomic E-state index is 0.0292. The average Bonchev–Trinajstić information content (AvgIpc) is 2.60. The smallest absolute Gasteiger partial charge is 0.195 e. The van der Waals surface area contributed by atoms with Gasteiger partial charge < -0.3 is 4.90 Å². The minimum Gasteiger partial charge on any atom is -0.309 e. The third-order valence-electron chi connectivity index (χ3n) is 4.11. The number of benzene rings is 2. The summed E-state index contributed by atoms with van der Waals surface area (Å²) in [4.78, 5) is 1.98. The Morgan fingerprint density at radius 3 is 1.50 bits per heavy atom. The van der Waals surface area contributed by atoms with Gasteiger partial charge in [-0.2, -0.15) is 0 Å². The predicted molar refractivity (Wildman–Crippen MR) is 103 cm³/mol. The van der Waals surface area contributed by atoms with E-state index in [1.54, 1.807) is 36.4 Å². The molecule has 2 aromatic rings. The maximum Gasteiger partial charge on any atom is 0.195 e. The minimum atomic E-state index is -4.04. The summed E-state index contributed by atoms with van der Waals surface area (Å²) < 4.78 is 51.2. The van der Waals surface area contributed by atoms with Gasteiger partial charge in [-0.15, -0.1) is 0 Å². The summed E-state index contributed by atoms with van der Waals surface area (Å²) in [5, 5.41) is 0. The van der Waals surface area contributed by atoms with E-state index in [0.29, 0.717) is 6.54 Å². The van der Waals surface area contributed by atoms with E-state index in [4.69, 9.17) is 0 Å². The van der Waals surface area contributed by atoms with Crippen molar-refractivity contribution in [3.8, 4) is 0 Å². The normalized spacial score (nSPS) is 13.9. The number of hydrogen-bond acceptors (Lipinski definition) is 5. The molecule has 0 N–H and O–H groups in total. The van der Waals surface area contributed by atoms with Crippen molar-refractivity contribution < 1.29 is 16.8 Å². The highest BCUT2D eigenvalue weighted by molar-refractivity contribution is 8.09. The van der Waals surface area contributed by atoms with Crippen LogP contribution in [-0.2, 0) is 19.7 Å². The Hall–Kier alpha value is -1.70. The first-order chi connectivity index (χ1) is 12.2. The monoisotopic (exact) mass is 395 g/mol. The quantitative estimate of drug-likeness (QED) is 0.687. The molecule has 0 aliphatic heterocycles. The summed E-state index contributed by atoms with van der Waals surface area (Å²) >= 11 is 0. The van der Waals surface area contributed by atoms with Gasteiger partial charge in [0.2, 0.25) is 0 Å². The summed E-state index contributed by atoms with van der Waals surface area (Å²) in [7, 11) is -4.33. The molecular formula is C19H25NO4S2. The van der Waals surface area contributed by atoms with Crippen LogP contribution in [0, 0.1) is 5.92 Å². The second kappa shape index (κ2) is 8.33. The average molecular weight is 396 g/mol. The first-order valence-electron chi connectivity index (χ1n) is 8.38. The van der Waals surface area contributed by atoms with E-state index < -0.39 is 24.3 Å². The van der Waals surface area contributed by atoms with Crippen molar-refractivity contribution in [1.29, 1.82) is 0 Å². The topological polar surface area (TPSA) is 71.5 Å². The first kappa shape index (κ1) is 20.6. The van der Waals surface area contributed by atoms with Gasteiger partial charge >= 0.3 is 0 Å². The van der Waals surface area contributed by atoms with E-state index >= 15 is 0 Å². The van der Waals surface area contributed by atoms with Gasteiger partial charge in [0.15, 0.2) is 24.3 Å². The lowest BCUT2D eigenvalue weighted by Crippen LogP contribution is -2.34. The van der Waals surface area contributed by atoms with Crippen LogP contribution in [0.1, 0.15) is 13.3 Å². The fraction of sp³-hybridized carbons (Fsp3) is 0.368. The lowest BCUT2D eigenvalue weighted by atomic mass is 10.1. The van der Waals surface area contributed by atoms with E-state index in [0.717, 1.165) is 0 Å². The van der Waals surface area contributed by atoms with Gasteiger partial charge in [0.1, 0.15) is 0 Å². The Kier molecular flexibility index (Phi) is 6.60. The molecule has 0 aromatic heterocycles. The zero-order valence-corrected chi connectivity index (χ0v) is 16.9. The highest BCUT2D eigenvalue weighted by Gasteiger charge is 2.40. The standard InChI is InChI=1S/C19H25NO4S2/c1-16(15-20(2)3)14-19(25(21,22)17-10-6-4-7-11-17)26(23,24)18-12-8-5-9-13-18/h4-13,16,19H,14-15H2,1-3H3. The Labute approximate surface area is 156 Å². The molecule has 0 bridgehead atoms. The molecule has 0 aliphatic carbocycles. The Bertz CT molecular complexity index is 839. The summed E-state index contributed by atoms with van der Waals surface area (Å²) in [5.41, 5.74) is 0. The molecule has 2 aromatic carbocycles.